The summed E-state index contributed by atoms with van der Waals surface area (Å²) in [5.41, 5.74) is 1.75. The van der Waals surface area contributed by atoms with Gasteiger partial charge in [-0.1, -0.05) is 41.5 Å². The van der Waals surface area contributed by atoms with Crippen LogP contribution in [0, 0.1) is 11.3 Å². The lowest BCUT2D eigenvalue weighted by molar-refractivity contribution is 0.214. The van der Waals surface area contributed by atoms with E-state index in [1.807, 2.05) is 12.4 Å². The molecule has 0 aliphatic heterocycles. The third kappa shape index (κ3) is 5.24. The number of hydrogen-bond acceptors (Lipinski definition) is 2. The van der Waals surface area contributed by atoms with Crippen LogP contribution in [0.2, 0.25) is 0 Å². The van der Waals surface area contributed by atoms with Gasteiger partial charge in [-0.3, -0.25) is 4.98 Å². The van der Waals surface area contributed by atoms with E-state index in [1.54, 1.807) is 0 Å². The van der Waals surface area contributed by atoms with Crippen molar-refractivity contribution in [1.29, 1.82) is 0 Å². The maximum atomic E-state index is 4.13. The molecule has 2 nitrogen and oxygen atoms in total. The standard InChI is InChI=1S/C18H32N2/c1-7-10-20-17(13-14(2)18(4,5)6)15(3)16-8-11-19-12-9-16/h8-9,11-12,14-15,17,20H,7,10,13H2,1-6H3. The number of nitrogens with one attached hydrogen (secondary N) is 1. The molecule has 1 aromatic heterocycles. The lowest BCUT2D eigenvalue weighted by Gasteiger charge is -2.34. The van der Waals surface area contributed by atoms with Crippen molar-refractivity contribution in [3.8, 4) is 0 Å². The molecule has 0 fully saturated rings. The molecule has 3 atom stereocenters. The highest BCUT2D eigenvalue weighted by Gasteiger charge is 2.26. The molecule has 0 aliphatic rings. The second-order valence-corrected chi connectivity index (χ2v) is 7.13. The second kappa shape index (κ2) is 7.78. The van der Waals surface area contributed by atoms with Crippen molar-refractivity contribution in [2.75, 3.05) is 6.54 Å². The first-order chi connectivity index (χ1) is 9.36. The molecule has 0 spiro atoms. The fourth-order valence-electron chi connectivity index (χ4n) is 2.43. The van der Waals surface area contributed by atoms with Crippen molar-refractivity contribution >= 4 is 0 Å². The van der Waals surface area contributed by atoms with E-state index < -0.39 is 0 Å². The number of aromatic nitrogens is 1. The van der Waals surface area contributed by atoms with Gasteiger partial charge in [-0.05, 0) is 54.3 Å². The summed E-state index contributed by atoms with van der Waals surface area (Å²) >= 11 is 0. The van der Waals surface area contributed by atoms with Crippen LogP contribution in [0.1, 0.15) is 65.9 Å². The average molecular weight is 276 g/mol. The van der Waals surface area contributed by atoms with E-state index in [2.05, 4.69) is 64.0 Å². The van der Waals surface area contributed by atoms with E-state index in [9.17, 15) is 0 Å². The molecule has 0 aliphatic carbocycles. The summed E-state index contributed by atoms with van der Waals surface area (Å²) in [5.74, 6) is 1.22. The van der Waals surface area contributed by atoms with Crippen LogP contribution in [-0.2, 0) is 0 Å². The van der Waals surface area contributed by atoms with Crippen LogP contribution in [0.25, 0.3) is 0 Å². The molecule has 20 heavy (non-hydrogen) atoms. The minimum atomic E-state index is 0.365. The van der Waals surface area contributed by atoms with Gasteiger partial charge in [-0.25, -0.2) is 0 Å². The normalized spacial score (nSPS) is 16.7. The van der Waals surface area contributed by atoms with Crippen LogP contribution in [-0.4, -0.2) is 17.6 Å². The summed E-state index contributed by atoms with van der Waals surface area (Å²) in [5, 5.41) is 3.75. The van der Waals surface area contributed by atoms with E-state index >= 15 is 0 Å². The predicted molar refractivity (Wildman–Crippen MR) is 88.0 cm³/mol. The molecule has 0 amide bonds. The smallest absolute Gasteiger partial charge is 0.0270 e. The van der Waals surface area contributed by atoms with Crippen molar-refractivity contribution in [2.24, 2.45) is 11.3 Å². The van der Waals surface area contributed by atoms with Gasteiger partial charge in [0.2, 0.25) is 0 Å². The Bertz CT molecular complexity index is 367. The molecular weight excluding hydrogens is 244 g/mol. The van der Waals surface area contributed by atoms with Crippen molar-refractivity contribution < 1.29 is 0 Å². The Morgan fingerprint density at radius 1 is 1.15 bits per heavy atom. The molecule has 0 bridgehead atoms. The fraction of sp³-hybridized carbons (Fsp3) is 0.722. The number of hydrogen-bond donors (Lipinski definition) is 1. The topological polar surface area (TPSA) is 24.9 Å². The van der Waals surface area contributed by atoms with Crippen LogP contribution >= 0.6 is 0 Å². The van der Waals surface area contributed by atoms with E-state index in [0.29, 0.717) is 23.3 Å². The Morgan fingerprint density at radius 3 is 2.25 bits per heavy atom. The van der Waals surface area contributed by atoms with E-state index in [-0.39, 0.29) is 0 Å². The van der Waals surface area contributed by atoms with Gasteiger partial charge in [0, 0.05) is 18.4 Å². The van der Waals surface area contributed by atoms with Gasteiger partial charge < -0.3 is 5.32 Å². The van der Waals surface area contributed by atoms with Gasteiger partial charge in [0.15, 0.2) is 0 Å². The van der Waals surface area contributed by atoms with Gasteiger partial charge >= 0.3 is 0 Å². The van der Waals surface area contributed by atoms with Gasteiger partial charge in [0.25, 0.3) is 0 Å². The van der Waals surface area contributed by atoms with E-state index in [0.717, 1.165) is 6.54 Å². The Hall–Kier alpha value is -0.890. The van der Waals surface area contributed by atoms with Crippen molar-refractivity contribution in [1.82, 2.24) is 10.3 Å². The molecule has 0 aromatic carbocycles. The molecule has 114 valence electrons. The third-order valence-electron chi connectivity index (χ3n) is 4.58. The SMILES string of the molecule is CCCNC(CC(C)C(C)(C)C)C(C)c1ccncc1. The summed E-state index contributed by atoms with van der Waals surface area (Å²) in [4.78, 5) is 4.13. The Labute approximate surface area is 125 Å². The molecule has 1 heterocycles. The zero-order valence-corrected chi connectivity index (χ0v) is 14.1. The van der Waals surface area contributed by atoms with E-state index in [4.69, 9.17) is 0 Å². The molecule has 1 aromatic rings. The summed E-state index contributed by atoms with van der Waals surface area (Å²) < 4.78 is 0. The minimum absolute atomic E-state index is 0.365. The lowest BCUT2D eigenvalue weighted by atomic mass is 9.76. The molecular formula is C18H32N2. The summed E-state index contributed by atoms with van der Waals surface area (Å²) in [6.45, 7) is 15.0. The molecule has 1 N–H and O–H groups in total. The Kier molecular flexibility index (Phi) is 6.67. The molecule has 0 radical (unpaired) electrons. The largest absolute Gasteiger partial charge is 0.313 e. The molecule has 1 rings (SSSR count). The Morgan fingerprint density at radius 2 is 1.75 bits per heavy atom. The van der Waals surface area contributed by atoms with Gasteiger partial charge in [0.1, 0.15) is 0 Å². The summed E-state index contributed by atoms with van der Waals surface area (Å²) in [6.07, 6.45) is 6.20. The van der Waals surface area contributed by atoms with E-state index in [1.165, 1.54) is 18.4 Å². The van der Waals surface area contributed by atoms with Crippen molar-refractivity contribution in [2.45, 2.75) is 66.3 Å². The Balaban J connectivity index is 2.78. The van der Waals surface area contributed by atoms with Crippen molar-refractivity contribution in [3.05, 3.63) is 30.1 Å². The van der Waals surface area contributed by atoms with Gasteiger partial charge in [0.05, 0.1) is 0 Å². The van der Waals surface area contributed by atoms with Crippen LogP contribution in [0.4, 0.5) is 0 Å². The van der Waals surface area contributed by atoms with Gasteiger partial charge in [-0.2, -0.15) is 0 Å². The highest BCUT2D eigenvalue weighted by atomic mass is 14.9. The number of rotatable bonds is 7. The van der Waals surface area contributed by atoms with Crippen LogP contribution in [0.3, 0.4) is 0 Å². The maximum absolute atomic E-state index is 4.13. The molecule has 2 heteroatoms. The van der Waals surface area contributed by atoms with Crippen LogP contribution in [0.15, 0.2) is 24.5 Å². The number of nitrogens with zero attached hydrogens (tertiary/aromatic N) is 1. The molecule has 0 saturated heterocycles. The third-order valence-corrected chi connectivity index (χ3v) is 4.58. The molecule has 3 unspecified atom stereocenters. The van der Waals surface area contributed by atoms with Crippen LogP contribution < -0.4 is 5.32 Å². The van der Waals surface area contributed by atoms with Crippen molar-refractivity contribution in [3.63, 3.8) is 0 Å². The first-order valence-electron chi connectivity index (χ1n) is 7.99. The first-order valence-corrected chi connectivity index (χ1v) is 7.99. The summed E-state index contributed by atoms with van der Waals surface area (Å²) in [7, 11) is 0. The van der Waals surface area contributed by atoms with Crippen LogP contribution in [0.5, 0.6) is 0 Å². The minimum Gasteiger partial charge on any atom is -0.313 e. The second-order valence-electron chi connectivity index (χ2n) is 7.13. The fourth-order valence-corrected chi connectivity index (χ4v) is 2.43. The maximum Gasteiger partial charge on any atom is 0.0270 e. The van der Waals surface area contributed by atoms with Gasteiger partial charge in [-0.15, -0.1) is 0 Å². The highest BCUT2D eigenvalue weighted by Crippen LogP contribution is 2.32. The molecule has 0 saturated carbocycles. The average Bonchev–Trinajstić information content (AvgIpc) is 2.42. The quantitative estimate of drug-likeness (QED) is 0.785. The zero-order valence-electron chi connectivity index (χ0n) is 14.1. The predicted octanol–water partition coefficient (Wildman–Crippen LogP) is 4.63. The highest BCUT2D eigenvalue weighted by molar-refractivity contribution is 5.17. The number of pyridine rings is 1. The zero-order chi connectivity index (χ0) is 15.2. The monoisotopic (exact) mass is 276 g/mol. The summed E-state index contributed by atoms with van der Waals surface area (Å²) in [6, 6.07) is 4.83. The lowest BCUT2D eigenvalue weighted by Crippen LogP contribution is -2.38. The first kappa shape index (κ1) is 17.2.